The van der Waals surface area contributed by atoms with E-state index in [1.165, 1.54) is 31.4 Å². The number of halogens is 5. The summed E-state index contributed by atoms with van der Waals surface area (Å²) in [5.41, 5.74) is -3.72. The summed E-state index contributed by atoms with van der Waals surface area (Å²) < 4.78 is 74.4. The van der Waals surface area contributed by atoms with Crippen LogP contribution in [0.25, 0.3) is 21.8 Å². The van der Waals surface area contributed by atoms with Gasteiger partial charge in [-0.2, -0.15) is 21.6 Å². The SMILES string of the molecule is COc1cccc(N(CCCn2c3ccc(Br)cc3c3cc(Br)ccc32)S(=O)(=O)C(F)(F)F)c1. The molecule has 0 aliphatic rings. The zero-order chi connectivity index (χ0) is 24.7. The number of fused-ring (bicyclic) bond motifs is 3. The molecule has 1 aromatic heterocycles. The molecule has 0 unspecified atom stereocenters. The lowest BCUT2D eigenvalue weighted by molar-refractivity contribution is -0.0438. The van der Waals surface area contributed by atoms with Crippen LogP contribution in [0.3, 0.4) is 0 Å². The summed E-state index contributed by atoms with van der Waals surface area (Å²) in [4.78, 5) is 0. The molecular formula is C23H19Br2F3N2O3S. The van der Waals surface area contributed by atoms with Gasteiger partial charge in [-0.25, -0.2) is 0 Å². The Bertz CT molecular complexity index is 1410. The molecule has 0 fully saturated rings. The molecule has 4 aromatic rings. The molecule has 0 radical (unpaired) electrons. The summed E-state index contributed by atoms with van der Waals surface area (Å²) in [7, 11) is -4.24. The van der Waals surface area contributed by atoms with Gasteiger partial charge in [-0.3, -0.25) is 4.31 Å². The van der Waals surface area contributed by atoms with Crippen molar-refractivity contribution in [1.82, 2.24) is 4.57 Å². The Balaban J connectivity index is 1.70. The summed E-state index contributed by atoms with van der Waals surface area (Å²) in [6.07, 6.45) is 0.150. The summed E-state index contributed by atoms with van der Waals surface area (Å²) in [5, 5.41) is 1.97. The first-order valence-electron chi connectivity index (χ1n) is 10.1. The lowest BCUT2D eigenvalue weighted by Gasteiger charge is -2.26. The second kappa shape index (κ2) is 9.43. The van der Waals surface area contributed by atoms with E-state index in [2.05, 4.69) is 31.9 Å². The second-order valence-corrected chi connectivity index (χ2v) is 11.2. The van der Waals surface area contributed by atoms with Gasteiger partial charge < -0.3 is 9.30 Å². The van der Waals surface area contributed by atoms with Gasteiger partial charge in [0.1, 0.15) is 5.75 Å². The van der Waals surface area contributed by atoms with Crippen molar-refractivity contribution in [3.63, 3.8) is 0 Å². The minimum Gasteiger partial charge on any atom is -0.497 e. The molecule has 1 heterocycles. The van der Waals surface area contributed by atoms with Crippen LogP contribution < -0.4 is 9.04 Å². The quantitative estimate of drug-likeness (QED) is 0.222. The maximum atomic E-state index is 13.5. The highest BCUT2D eigenvalue weighted by molar-refractivity contribution is 9.10. The van der Waals surface area contributed by atoms with Crippen LogP contribution in [0.4, 0.5) is 18.9 Å². The zero-order valence-corrected chi connectivity index (χ0v) is 21.8. The first-order valence-corrected chi connectivity index (χ1v) is 13.2. The number of hydrogen-bond acceptors (Lipinski definition) is 3. The summed E-state index contributed by atoms with van der Waals surface area (Å²) in [6, 6.07) is 17.2. The van der Waals surface area contributed by atoms with Gasteiger partial charge >= 0.3 is 15.5 Å². The predicted molar refractivity (Wildman–Crippen MR) is 135 cm³/mol. The fraction of sp³-hybridized carbons (Fsp3) is 0.217. The third-order valence-corrected chi connectivity index (χ3v) is 8.00. The van der Waals surface area contributed by atoms with E-state index in [1.807, 2.05) is 41.0 Å². The molecule has 0 aliphatic carbocycles. The predicted octanol–water partition coefficient (Wildman–Crippen LogP) is 7.07. The molecule has 0 saturated heterocycles. The lowest BCUT2D eigenvalue weighted by Crippen LogP contribution is -2.41. The van der Waals surface area contributed by atoms with E-state index < -0.39 is 15.5 Å². The van der Waals surface area contributed by atoms with Gasteiger partial charge in [0.2, 0.25) is 0 Å². The van der Waals surface area contributed by atoms with Crippen LogP contribution in [-0.2, 0) is 16.6 Å². The molecule has 0 N–H and O–H groups in total. The number of hydrogen-bond donors (Lipinski definition) is 0. The standard InChI is InChI=1S/C23H19Br2F3N2O3S/c1-33-18-5-2-4-17(14-18)30(34(31,32)23(26,27)28)11-3-10-29-21-8-6-15(24)12-19(21)20-13-16(25)7-9-22(20)29/h2,4-9,12-14H,3,10-11H2,1H3. The lowest BCUT2D eigenvalue weighted by atomic mass is 10.2. The molecule has 0 amide bonds. The van der Waals surface area contributed by atoms with Crippen LogP contribution in [0.1, 0.15) is 6.42 Å². The van der Waals surface area contributed by atoms with Gasteiger partial charge in [-0.1, -0.05) is 37.9 Å². The van der Waals surface area contributed by atoms with Crippen molar-refractivity contribution in [3.05, 3.63) is 69.6 Å². The number of sulfonamides is 1. The topological polar surface area (TPSA) is 51.5 Å². The van der Waals surface area contributed by atoms with Gasteiger partial charge in [0.05, 0.1) is 12.8 Å². The van der Waals surface area contributed by atoms with Crippen LogP contribution in [0.5, 0.6) is 5.75 Å². The van der Waals surface area contributed by atoms with Crippen molar-refractivity contribution in [3.8, 4) is 5.75 Å². The number of alkyl halides is 3. The van der Waals surface area contributed by atoms with Crippen LogP contribution in [-0.4, -0.2) is 32.1 Å². The third-order valence-electron chi connectivity index (χ3n) is 5.46. The molecule has 34 heavy (non-hydrogen) atoms. The molecule has 0 saturated carbocycles. The largest absolute Gasteiger partial charge is 0.516 e. The van der Waals surface area contributed by atoms with E-state index in [4.69, 9.17) is 4.74 Å². The first-order chi connectivity index (χ1) is 16.0. The number of anilines is 1. The molecule has 11 heteroatoms. The first kappa shape index (κ1) is 24.9. The van der Waals surface area contributed by atoms with Crippen molar-refractivity contribution in [2.24, 2.45) is 0 Å². The maximum Gasteiger partial charge on any atom is 0.516 e. The Morgan fingerprint density at radius 2 is 1.53 bits per heavy atom. The molecule has 0 aliphatic heterocycles. The number of ether oxygens (including phenoxy) is 1. The van der Waals surface area contributed by atoms with Gasteiger partial charge in [0.25, 0.3) is 0 Å². The number of aryl methyl sites for hydroxylation is 1. The minimum atomic E-state index is -5.60. The fourth-order valence-corrected chi connectivity index (χ4v) is 5.67. The molecule has 0 spiro atoms. The molecule has 4 rings (SSSR count). The number of benzene rings is 3. The Labute approximate surface area is 211 Å². The van der Waals surface area contributed by atoms with E-state index in [0.717, 1.165) is 30.8 Å². The fourth-order valence-electron chi connectivity index (χ4n) is 3.94. The van der Waals surface area contributed by atoms with Gasteiger partial charge in [-0.15, -0.1) is 0 Å². The highest BCUT2D eigenvalue weighted by Crippen LogP contribution is 2.35. The van der Waals surface area contributed by atoms with E-state index in [1.54, 1.807) is 0 Å². The van der Waals surface area contributed by atoms with Crippen molar-refractivity contribution in [1.29, 1.82) is 0 Å². The smallest absolute Gasteiger partial charge is 0.497 e. The molecule has 0 bridgehead atoms. The Hall–Kier alpha value is -2.24. The molecule has 5 nitrogen and oxygen atoms in total. The van der Waals surface area contributed by atoms with Crippen LogP contribution in [0, 0.1) is 0 Å². The van der Waals surface area contributed by atoms with Crippen molar-refractivity contribution in [2.45, 2.75) is 18.5 Å². The van der Waals surface area contributed by atoms with Crippen molar-refractivity contribution in [2.75, 3.05) is 18.0 Å². The highest BCUT2D eigenvalue weighted by atomic mass is 79.9. The minimum absolute atomic E-state index is 0.105. The third kappa shape index (κ3) is 4.65. The number of nitrogens with zero attached hydrogens (tertiary/aromatic N) is 2. The summed E-state index contributed by atoms with van der Waals surface area (Å²) in [5.74, 6) is 0.262. The zero-order valence-electron chi connectivity index (χ0n) is 17.8. The van der Waals surface area contributed by atoms with Crippen LogP contribution in [0.15, 0.2) is 69.6 Å². The summed E-state index contributed by atoms with van der Waals surface area (Å²) >= 11 is 6.97. The second-order valence-electron chi connectivity index (χ2n) is 7.55. The molecule has 3 aromatic carbocycles. The van der Waals surface area contributed by atoms with Crippen LogP contribution in [0.2, 0.25) is 0 Å². The Morgan fingerprint density at radius 3 is 2.06 bits per heavy atom. The van der Waals surface area contributed by atoms with Crippen molar-refractivity contribution >= 4 is 69.4 Å². The average Bonchev–Trinajstić information content (AvgIpc) is 3.07. The highest BCUT2D eigenvalue weighted by Gasteiger charge is 2.50. The molecular weight excluding hydrogens is 601 g/mol. The molecule has 180 valence electrons. The van der Waals surface area contributed by atoms with Crippen molar-refractivity contribution < 1.29 is 26.3 Å². The van der Waals surface area contributed by atoms with Gasteiger partial charge in [-0.05, 0) is 55.0 Å². The Morgan fingerprint density at radius 1 is 0.941 bits per heavy atom. The number of rotatable bonds is 7. The number of methoxy groups -OCH3 is 1. The van der Waals surface area contributed by atoms with E-state index >= 15 is 0 Å². The monoisotopic (exact) mass is 618 g/mol. The van der Waals surface area contributed by atoms with E-state index in [9.17, 15) is 21.6 Å². The Kier molecular flexibility index (Phi) is 6.90. The van der Waals surface area contributed by atoms with Gasteiger partial charge in [0.15, 0.2) is 0 Å². The normalized spacial score (nSPS) is 12.4. The van der Waals surface area contributed by atoms with E-state index in [-0.39, 0.29) is 24.4 Å². The molecule has 0 atom stereocenters. The maximum absolute atomic E-state index is 13.5. The average molecular weight is 620 g/mol. The van der Waals surface area contributed by atoms with Crippen LogP contribution >= 0.6 is 31.9 Å². The number of aromatic nitrogens is 1. The van der Waals surface area contributed by atoms with E-state index in [0.29, 0.717) is 10.8 Å². The van der Waals surface area contributed by atoms with Gasteiger partial charge in [0, 0.05) is 49.9 Å². The summed E-state index contributed by atoms with van der Waals surface area (Å²) in [6.45, 7) is -0.0413.